The van der Waals surface area contributed by atoms with Crippen molar-refractivity contribution in [3.05, 3.63) is 78.4 Å². The minimum Gasteiger partial charge on any atom is -0.307 e. The van der Waals surface area contributed by atoms with Gasteiger partial charge in [-0.25, -0.2) is 4.79 Å². The maximum absolute atomic E-state index is 12.6. The van der Waals surface area contributed by atoms with Gasteiger partial charge in [0.25, 0.3) is 5.56 Å². The van der Waals surface area contributed by atoms with Crippen LogP contribution in [0, 0.1) is 6.92 Å². The van der Waals surface area contributed by atoms with Gasteiger partial charge in [-0.3, -0.25) is 9.36 Å². The molecule has 3 rings (SSSR count). The number of nitrogens with one attached hydrogen (secondary N) is 1. The van der Waals surface area contributed by atoms with Crippen LogP contribution in [0.1, 0.15) is 11.1 Å². The van der Waals surface area contributed by atoms with Crippen molar-refractivity contribution in [2.24, 2.45) is 0 Å². The molecule has 0 fully saturated rings. The van der Waals surface area contributed by atoms with E-state index in [1.807, 2.05) is 31.2 Å². The highest BCUT2D eigenvalue weighted by Crippen LogP contribution is 2.23. The molecule has 112 valence electrons. The number of hydrogen-bond acceptors (Lipinski definition) is 2. The van der Waals surface area contributed by atoms with Crippen LogP contribution in [0.2, 0.25) is 10.0 Å². The summed E-state index contributed by atoms with van der Waals surface area (Å²) >= 11 is 12.0. The van der Waals surface area contributed by atoms with Crippen LogP contribution in [0.15, 0.2) is 46.0 Å². The summed E-state index contributed by atoms with van der Waals surface area (Å²) in [5.74, 6) is 0. The average molecular weight is 335 g/mol. The smallest absolute Gasteiger partial charge is 0.307 e. The van der Waals surface area contributed by atoms with E-state index in [9.17, 15) is 9.59 Å². The van der Waals surface area contributed by atoms with Crippen molar-refractivity contribution in [1.82, 2.24) is 9.55 Å². The Balaban J connectivity index is 2.26. The number of aryl methyl sites for hydroxylation is 1. The van der Waals surface area contributed by atoms with Gasteiger partial charge in [0.2, 0.25) is 0 Å². The van der Waals surface area contributed by atoms with Gasteiger partial charge < -0.3 is 4.98 Å². The second-order valence-electron chi connectivity index (χ2n) is 5.06. The number of halogens is 2. The van der Waals surface area contributed by atoms with Crippen molar-refractivity contribution in [2.75, 3.05) is 0 Å². The Kier molecular flexibility index (Phi) is 3.81. The first-order valence-electron chi connectivity index (χ1n) is 6.64. The summed E-state index contributed by atoms with van der Waals surface area (Å²) < 4.78 is 1.14. The molecule has 0 aliphatic carbocycles. The zero-order valence-corrected chi connectivity index (χ0v) is 13.2. The van der Waals surface area contributed by atoms with Gasteiger partial charge in [0, 0.05) is 5.02 Å². The molecule has 0 unspecified atom stereocenters. The Morgan fingerprint density at radius 3 is 2.59 bits per heavy atom. The zero-order chi connectivity index (χ0) is 15.9. The Morgan fingerprint density at radius 1 is 1.14 bits per heavy atom. The molecule has 1 heterocycles. The summed E-state index contributed by atoms with van der Waals surface area (Å²) in [6.07, 6.45) is 0. The van der Waals surface area contributed by atoms with Crippen molar-refractivity contribution in [1.29, 1.82) is 0 Å². The molecule has 6 heteroatoms. The Labute approximate surface area is 135 Å². The van der Waals surface area contributed by atoms with Crippen molar-refractivity contribution in [3.63, 3.8) is 0 Å². The van der Waals surface area contributed by atoms with Crippen molar-refractivity contribution >= 4 is 34.1 Å². The van der Waals surface area contributed by atoms with Gasteiger partial charge in [-0.1, -0.05) is 47.5 Å². The second-order valence-corrected chi connectivity index (χ2v) is 5.90. The predicted molar refractivity (Wildman–Crippen MR) is 89.1 cm³/mol. The first-order chi connectivity index (χ1) is 10.5. The SMILES string of the molecule is Cc1ccccc1Cn1c(=O)[nH]c2cc(Cl)cc(Cl)c2c1=O. The average Bonchev–Trinajstić information content (AvgIpc) is 2.44. The maximum Gasteiger partial charge on any atom is 0.329 e. The number of aromatic amines is 1. The van der Waals surface area contributed by atoms with Crippen LogP contribution in [-0.2, 0) is 6.54 Å². The van der Waals surface area contributed by atoms with Gasteiger partial charge >= 0.3 is 5.69 Å². The van der Waals surface area contributed by atoms with E-state index in [2.05, 4.69) is 4.98 Å². The molecule has 1 aromatic heterocycles. The molecular weight excluding hydrogens is 323 g/mol. The lowest BCUT2D eigenvalue weighted by atomic mass is 10.1. The summed E-state index contributed by atoms with van der Waals surface area (Å²) in [5, 5.41) is 0.853. The van der Waals surface area contributed by atoms with E-state index in [0.29, 0.717) is 10.5 Å². The van der Waals surface area contributed by atoms with Gasteiger partial charge in [-0.2, -0.15) is 0 Å². The molecule has 0 aliphatic heterocycles. The second kappa shape index (κ2) is 5.63. The highest BCUT2D eigenvalue weighted by molar-refractivity contribution is 6.38. The molecule has 0 amide bonds. The van der Waals surface area contributed by atoms with Gasteiger partial charge in [0.05, 0.1) is 22.5 Å². The fourth-order valence-electron chi connectivity index (χ4n) is 2.40. The molecule has 4 nitrogen and oxygen atoms in total. The number of fused-ring (bicyclic) bond motifs is 1. The monoisotopic (exact) mass is 334 g/mol. The Morgan fingerprint density at radius 2 is 1.86 bits per heavy atom. The van der Waals surface area contributed by atoms with Crippen molar-refractivity contribution < 1.29 is 0 Å². The predicted octanol–water partition coefficient (Wildman–Crippen LogP) is 3.35. The molecule has 0 saturated heterocycles. The fraction of sp³-hybridized carbons (Fsp3) is 0.125. The highest BCUT2D eigenvalue weighted by atomic mass is 35.5. The van der Waals surface area contributed by atoms with Crippen molar-refractivity contribution in [2.45, 2.75) is 13.5 Å². The van der Waals surface area contributed by atoms with Gasteiger partial charge in [0.15, 0.2) is 0 Å². The molecule has 0 aliphatic rings. The number of benzene rings is 2. The number of H-pyrrole nitrogens is 1. The molecule has 0 bridgehead atoms. The van der Waals surface area contributed by atoms with E-state index in [1.165, 1.54) is 12.1 Å². The minimum atomic E-state index is -0.487. The van der Waals surface area contributed by atoms with Crippen LogP contribution >= 0.6 is 23.2 Å². The zero-order valence-electron chi connectivity index (χ0n) is 11.7. The van der Waals surface area contributed by atoms with Crippen LogP contribution in [0.3, 0.4) is 0 Å². The Bertz CT molecular complexity index is 990. The van der Waals surface area contributed by atoms with Gasteiger partial charge in [0.1, 0.15) is 0 Å². The first kappa shape index (κ1) is 14.9. The van der Waals surface area contributed by atoms with Crippen LogP contribution < -0.4 is 11.2 Å². The lowest BCUT2D eigenvalue weighted by Gasteiger charge is -2.09. The summed E-state index contributed by atoms with van der Waals surface area (Å²) in [7, 11) is 0. The third-order valence-electron chi connectivity index (χ3n) is 3.59. The van der Waals surface area contributed by atoms with Crippen molar-refractivity contribution in [3.8, 4) is 0 Å². The molecule has 0 atom stereocenters. The quantitative estimate of drug-likeness (QED) is 0.781. The number of hydrogen-bond donors (Lipinski definition) is 1. The standard InChI is InChI=1S/C16H12Cl2N2O2/c1-9-4-2-3-5-10(9)8-20-15(21)14-12(18)6-11(17)7-13(14)19-16(20)22/h2-7H,8H2,1H3,(H,19,22). The topological polar surface area (TPSA) is 54.9 Å². The normalized spacial score (nSPS) is 11.0. The molecular formula is C16H12Cl2N2O2. The third kappa shape index (κ3) is 2.56. The van der Waals surface area contributed by atoms with Crippen LogP contribution in [0.4, 0.5) is 0 Å². The summed E-state index contributed by atoms with van der Waals surface area (Å²) in [6, 6.07) is 10.6. The van der Waals surface area contributed by atoms with Gasteiger partial charge in [-0.05, 0) is 30.2 Å². The van der Waals surface area contributed by atoms with Gasteiger partial charge in [-0.15, -0.1) is 0 Å². The van der Waals surface area contributed by atoms with E-state index in [0.717, 1.165) is 15.7 Å². The lowest BCUT2D eigenvalue weighted by molar-refractivity contribution is 0.708. The molecule has 3 aromatic rings. The van der Waals surface area contributed by atoms with E-state index >= 15 is 0 Å². The molecule has 2 aromatic carbocycles. The summed E-state index contributed by atoms with van der Waals surface area (Å²) in [6.45, 7) is 2.12. The minimum absolute atomic E-state index is 0.190. The Hall–Kier alpha value is -2.04. The maximum atomic E-state index is 12.6. The van der Waals surface area contributed by atoms with E-state index in [4.69, 9.17) is 23.2 Å². The first-order valence-corrected chi connectivity index (χ1v) is 7.39. The van der Waals surface area contributed by atoms with E-state index < -0.39 is 11.2 Å². The number of nitrogens with zero attached hydrogens (tertiary/aromatic N) is 1. The van der Waals surface area contributed by atoms with Crippen LogP contribution in [0.5, 0.6) is 0 Å². The molecule has 1 N–H and O–H groups in total. The third-order valence-corrected chi connectivity index (χ3v) is 4.11. The molecule has 0 spiro atoms. The molecule has 0 radical (unpaired) electrons. The number of aromatic nitrogens is 2. The fourth-order valence-corrected chi connectivity index (χ4v) is 2.98. The highest BCUT2D eigenvalue weighted by Gasteiger charge is 2.12. The van der Waals surface area contributed by atoms with Crippen LogP contribution in [0.25, 0.3) is 10.9 Å². The molecule has 0 saturated carbocycles. The molecule has 22 heavy (non-hydrogen) atoms. The summed E-state index contributed by atoms with van der Waals surface area (Å²) in [4.78, 5) is 27.5. The largest absolute Gasteiger partial charge is 0.329 e. The number of rotatable bonds is 2. The lowest BCUT2D eigenvalue weighted by Crippen LogP contribution is -2.35. The summed E-state index contributed by atoms with van der Waals surface area (Å²) in [5.41, 5.74) is 1.34. The van der Waals surface area contributed by atoms with E-state index in [-0.39, 0.29) is 17.0 Å². The van der Waals surface area contributed by atoms with Crippen LogP contribution in [-0.4, -0.2) is 9.55 Å². The van der Waals surface area contributed by atoms with E-state index in [1.54, 1.807) is 0 Å².